The molecule has 0 spiro atoms. The highest BCUT2D eigenvalue weighted by Crippen LogP contribution is 2.25. The number of hydrogen-bond donors (Lipinski definition) is 2. The van der Waals surface area contributed by atoms with Gasteiger partial charge in [-0.1, -0.05) is 24.3 Å². The van der Waals surface area contributed by atoms with Crippen molar-refractivity contribution < 1.29 is 9.47 Å². The lowest BCUT2D eigenvalue weighted by Crippen LogP contribution is -2.06. The summed E-state index contributed by atoms with van der Waals surface area (Å²) in [5.41, 5.74) is 5.88. The largest absolute Gasteiger partial charge is 0.381 e. The topological polar surface area (TPSA) is 93.0 Å². The van der Waals surface area contributed by atoms with Gasteiger partial charge in [-0.15, -0.1) is 10.2 Å². The van der Waals surface area contributed by atoms with Crippen molar-refractivity contribution in [1.82, 2.24) is 10.2 Å². The van der Waals surface area contributed by atoms with Crippen molar-refractivity contribution in [3.05, 3.63) is 24.3 Å². The van der Waals surface area contributed by atoms with Crippen molar-refractivity contribution in [2.24, 2.45) is 10.2 Å². The number of fused-ring (bicyclic) bond motifs is 1. The molecule has 0 unspecified atom stereocenters. The van der Waals surface area contributed by atoms with E-state index in [-0.39, 0.29) is 12.2 Å². The van der Waals surface area contributed by atoms with Crippen LogP contribution in [0.2, 0.25) is 0 Å². The summed E-state index contributed by atoms with van der Waals surface area (Å²) in [6, 6.07) is 7.81. The molecule has 0 saturated heterocycles. The van der Waals surface area contributed by atoms with Gasteiger partial charge in [0.25, 0.3) is 0 Å². The number of hydrazone groups is 2. The second-order valence-corrected chi connectivity index (χ2v) is 5.85. The Morgan fingerprint density at radius 1 is 0.885 bits per heavy atom. The molecule has 2 N–H and O–H groups in total. The second kappa shape index (κ2) is 10.4. The maximum absolute atomic E-state index is 5.18. The van der Waals surface area contributed by atoms with Crippen LogP contribution in [0.15, 0.2) is 34.5 Å². The zero-order valence-corrected chi connectivity index (χ0v) is 15.6. The molecule has 26 heavy (non-hydrogen) atoms. The van der Waals surface area contributed by atoms with Crippen molar-refractivity contribution in [3.8, 4) is 0 Å². The van der Waals surface area contributed by atoms with E-state index < -0.39 is 0 Å². The van der Waals surface area contributed by atoms with Crippen LogP contribution in [0.5, 0.6) is 0 Å². The fourth-order valence-electron chi connectivity index (χ4n) is 2.08. The van der Waals surface area contributed by atoms with Crippen molar-refractivity contribution >= 4 is 34.8 Å². The predicted octanol–water partition coefficient (Wildman–Crippen LogP) is 3.28. The van der Waals surface area contributed by atoms with Crippen LogP contribution >= 0.6 is 0 Å². The van der Waals surface area contributed by atoms with Crippen LogP contribution in [0.3, 0.4) is 0 Å². The summed E-state index contributed by atoms with van der Waals surface area (Å²) in [7, 11) is 3.35. The van der Waals surface area contributed by atoms with Crippen LogP contribution in [-0.4, -0.2) is 49.1 Å². The minimum absolute atomic E-state index is 0.119. The number of ether oxygens (including phenoxy) is 2. The Hall–Kier alpha value is -2.58. The SMILES string of the molecule is CO[C@H](C)C/C=N/Nc1nnc(N/N=C\C[C@H](C)OC)c2ccccc12. The molecule has 0 radical (unpaired) electrons. The Morgan fingerprint density at radius 2 is 1.31 bits per heavy atom. The first kappa shape index (κ1) is 19.7. The van der Waals surface area contributed by atoms with Gasteiger partial charge in [-0.3, -0.25) is 10.9 Å². The van der Waals surface area contributed by atoms with E-state index in [1.165, 1.54) is 0 Å². The van der Waals surface area contributed by atoms with E-state index in [9.17, 15) is 0 Å². The molecule has 1 aromatic carbocycles. The molecular formula is C18H26N6O2. The zero-order chi connectivity index (χ0) is 18.8. The highest BCUT2D eigenvalue weighted by molar-refractivity contribution is 5.98. The lowest BCUT2D eigenvalue weighted by molar-refractivity contribution is 0.125. The number of benzene rings is 1. The maximum Gasteiger partial charge on any atom is 0.176 e. The summed E-state index contributed by atoms with van der Waals surface area (Å²) in [5, 5.41) is 18.6. The van der Waals surface area contributed by atoms with Crippen LogP contribution in [0.4, 0.5) is 11.6 Å². The molecule has 0 amide bonds. The van der Waals surface area contributed by atoms with E-state index in [2.05, 4.69) is 31.3 Å². The Bertz CT molecular complexity index is 687. The molecule has 1 aromatic heterocycles. The fraction of sp³-hybridized carbons (Fsp3) is 0.444. The lowest BCUT2D eigenvalue weighted by Gasteiger charge is -2.08. The standard InChI is InChI=1S/C18H26N6O2/c1-13(25-3)9-11-19-21-17-15-7-5-6-8-16(15)18(24-23-17)22-20-12-10-14(2)26-4/h5-8,11-14H,9-10H2,1-4H3,(H,21,23)(H,22,24)/b19-11-,20-12+/t13-,14+/m0/s1. The van der Waals surface area contributed by atoms with Gasteiger partial charge >= 0.3 is 0 Å². The minimum atomic E-state index is 0.119. The number of rotatable bonds is 10. The summed E-state index contributed by atoms with van der Waals surface area (Å²) in [4.78, 5) is 0. The van der Waals surface area contributed by atoms with E-state index in [0.717, 1.165) is 10.8 Å². The van der Waals surface area contributed by atoms with Crippen LogP contribution in [-0.2, 0) is 9.47 Å². The molecule has 1 heterocycles. The van der Waals surface area contributed by atoms with Crippen LogP contribution < -0.4 is 10.9 Å². The normalized spacial score (nSPS) is 14.2. The van der Waals surface area contributed by atoms with Gasteiger partial charge in [-0.25, -0.2) is 0 Å². The first-order valence-electron chi connectivity index (χ1n) is 8.51. The number of anilines is 2. The Kier molecular flexibility index (Phi) is 7.91. The summed E-state index contributed by atoms with van der Waals surface area (Å²) in [6.45, 7) is 3.96. The van der Waals surface area contributed by atoms with Gasteiger partial charge in [0.1, 0.15) is 0 Å². The van der Waals surface area contributed by atoms with Crippen molar-refractivity contribution in [2.45, 2.75) is 38.9 Å². The molecule has 2 rings (SSSR count). The monoisotopic (exact) mass is 358 g/mol. The average Bonchev–Trinajstić information content (AvgIpc) is 2.68. The summed E-state index contributed by atoms with van der Waals surface area (Å²) in [5.74, 6) is 1.17. The zero-order valence-electron chi connectivity index (χ0n) is 15.6. The average molecular weight is 358 g/mol. The van der Waals surface area contributed by atoms with Gasteiger partial charge in [0, 0.05) is 50.3 Å². The fourth-order valence-corrected chi connectivity index (χ4v) is 2.08. The van der Waals surface area contributed by atoms with Gasteiger partial charge in [0.05, 0.1) is 12.2 Å². The molecule has 0 bridgehead atoms. The number of methoxy groups -OCH3 is 2. The summed E-state index contributed by atoms with van der Waals surface area (Å²) >= 11 is 0. The smallest absolute Gasteiger partial charge is 0.176 e. The molecule has 8 nitrogen and oxygen atoms in total. The second-order valence-electron chi connectivity index (χ2n) is 5.85. The third kappa shape index (κ3) is 5.75. The van der Waals surface area contributed by atoms with Crippen molar-refractivity contribution in [1.29, 1.82) is 0 Å². The van der Waals surface area contributed by atoms with Gasteiger partial charge in [0.15, 0.2) is 11.6 Å². The van der Waals surface area contributed by atoms with Crippen molar-refractivity contribution in [3.63, 3.8) is 0 Å². The van der Waals surface area contributed by atoms with E-state index in [0.29, 0.717) is 24.5 Å². The Balaban J connectivity index is 2.10. The first-order valence-corrected chi connectivity index (χ1v) is 8.51. The number of nitrogens with zero attached hydrogens (tertiary/aromatic N) is 4. The number of aromatic nitrogens is 2. The third-order valence-electron chi connectivity index (χ3n) is 3.89. The number of hydrogen-bond acceptors (Lipinski definition) is 8. The van der Waals surface area contributed by atoms with E-state index in [1.54, 1.807) is 26.6 Å². The molecule has 2 atom stereocenters. The molecule has 0 aliphatic carbocycles. The molecule has 0 fully saturated rings. The Labute approximate surface area is 153 Å². The molecule has 0 aliphatic rings. The van der Waals surface area contributed by atoms with E-state index in [4.69, 9.17) is 9.47 Å². The molecule has 2 aromatic rings. The summed E-state index contributed by atoms with van der Waals surface area (Å²) in [6.07, 6.45) is 5.18. The Morgan fingerprint density at radius 3 is 1.69 bits per heavy atom. The quantitative estimate of drug-likeness (QED) is 0.500. The van der Waals surface area contributed by atoms with Gasteiger partial charge in [0.2, 0.25) is 0 Å². The third-order valence-corrected chi connectivity index (χ3v) is 3.89. The first-order chi connectivity index (χ1) is 12.7. The molecule has 0 aliphatic heterocycles. The maximum atomic E-state index is 5.18. The molecular weight excluding hydrogens is 332 g/mol. The van der Waals surface area contributed by atoms with Crippen molar-refractivity contribution in [2.75, 3.05) is 25.1 Å². The molecule has 8 heteroatoms. The van der Waals surface area contributed by atoms with Crippen LogP contribution in [0.1, 0.15) is 26.7 Å². The van der Waals surface area contributed by atoms with Crippen LogP contribution in [0, 0.1) is 0 Å². The molecule has 0 saturated carbocycles. The minimum Gasteiger partial charge on any atom is -0.381 e. The van der Waals surface area contributed by atoms with E-state index in [1.807, 2.05) is 38.1 Å². The molecule has 140 valence electrons. The van der Waals surface area contributed by atoms with E-state index >= 15 is 0 Å². The van der Waals surface area contributed by atoms with Gasteiger partial charge in [-0.2, -0.15) is 10.2 Å². The predicted molar refractivity (Wildman–Crippen MR) is 106 cm³/mol. The summed E-state index contributed by atoms with van der Waals surface area (Å²) < 4.78 is 10.4. The van der Waals surface area contributed by atoms with Gasteiger partial charge in [-0.05, 0) is 13.8 Å². The highest BCUT2D eigenvalue weighted by atomic mass is 16.5. The highest BCUT2D eigenvalue weighted by Gasteiger charge is 2.08. The van der Waals surface area contributed by atoms with Crippen LogP contribution in [0.25, 0.3) is 10.8 Å². The number of nitrogens with one attached hydrogen (secondary N) is 2. The lowest BCUT2D eigenvalue weighted by atomic mass is 10.2. The van der Waals surface area contributed by atoms with Gasteiger partial charge < -0.3 is 9.47 Å².